The van der Waals surface area contributed by atoms with Crippen molar-refractivity contribution in [3.63, 3.8) is 0 Å². The fourth-order valence-electron chi connectivity index (χ4n) is 1.60. The van der Waals surface area contributed by atoms with E-state index in [-0.39, 0.29) is 19.5 Å². The average Bonchev–Trinajstić information content (AvgIpc) is 2.28. The Bertz CT molecular complexity index is 470. The first-order valence-corrected chi connectivity index (χ1v) is 10.00. The molecular formula is C11H24O8S2. The molecule has 0 aromatic heterocycles. The zero-order chi connectivity index (χ0) is 16.5. The molecule has 128 valence electrons. The lowest BCUT2D eigenvalue weighted by Crippen LogP contribution is -2.25. The van der Waals surface area contributed by atoms with Gasteiger partial charge in [0.15, 0.2) is 0 Å². The van der Waals surface area contributed by atoms with Gasteiger partial charge >= 0.3 is 0 Å². The lowest BCUT2D eigenvalue weighted by molar-refractivity contribution is -0.0758. The molecule has 0 bridgehead atoms. The maximum Gasteiger partial charge on any atom is 0.264 e. The molecule has 0 aromatic carbocycles. The van der Waals surface area contributed by atoms with Crippen molar-refractivity contribution in [3.05, 3.63) is 0 Å². The first kappa shape index (κ1) is 20.7. The van der Waals surface area contributed by atoms with Crippen molar-refractivity contribution in [2.75, 3.05) is 33.0 Å². The minimum atomic E-state index is -3.60. The standard InChI is InChI=1S/C11H24O8S2/c1-10(17-9-16-2)8-11(19-21(4,14)15)6-5-7-18-20(3,12)13/h10-11H,5-9H2,1-4H3/t10-,11-/m0/s1. The molecule has 0 N–H and O–H groups in total. The molecule has 0 aliphatic heterocycles. The first-order valence-electron chi connectivity index (χ1n) is 6.36. The fraction of sp³-hybridized carbons (Fsp3) is 1.00. The Hall–Kier alpha value is -0.260. The third-order valence-electron chi connectivity index (χ3n) is 2.34. The molecular weight excluding hydrogens is 324 g/mol. The summed E-state index contributed by atoms with van der Waals surface area (Å²) in [6, 6.07) is 0. The Morgan fingerprint density at radius 2 is 1.67 bits per heavy atom. The van der Waals surface area contributed by atoms with E-state index in [2.05, 4.69) is 4.18 Å². The second-order valence-electron chi connectivity index (χ2n) is 4.71. The molecule has 0 saturated carbocycles. The summed E-state index contributed by atoms with van der Waals surface area (Å²) in [5, 5.41) is 0. The van der Waals surface area contributed by atoms with Gasteiger partial charge in [-0.3, -0.25) is 8.37 Å². The molecule has 0 aromatic rings. The summed E-state index contributed by atoms with van der Waals surface area (Å²) >= 11 is 0. The predicted octanol–water partition coefficient (Wildman–Crippen LogP) is 0.487. The van der Waals surface area contributed by atoms with Crippen molar-refractivity contribution in [2.45, 2.75) is 38.4 Å². The van der Waals surface area contributed by atoms with Gasteiger partial charge in [-0.25, -0.2) is 0 Å². The molecule has 21 heavy (non-hydrogen) atoms. The minimum absolute atomic E-state index is 0.0181. The molecule has 0 aliphatic carbocycles. The summed E-state index contributed by atoms with van der Waals surface area (Å²) in [7, 11) is -5.61. The third-order valence-corrected chi connectivity index (χ3v) is 3.56. The van der Waals surface area contributed by atoms with Gasteiger partial charge in [-0.05, 0) is 19.8 Å². The normalized spacial score (nSPS) is 15.8. The number of ether oxygens (including phenoxy) is 2. The van der Waals surface area contributed by atoms with Crippen LogP contribution in [0.1, 0.15) is 26.2 Å². The van der Waals surface area contributed by atoms with Gasteiger partial charge in [0.25, 0.3) is 20.2 Å². The number of hydrogen-bond donors (Lipinski definition) is 0. The second kappa shape index (κ2) is 9.70. The van der Waals surface area contributed by atoms with Crippen LogP contribution in [-0.4, -0.2) is 62.1 Å². The van der Waals surface area contributed by atoms with Crippen LogP contribution in [0.3, 0.4) is 0 Å². The molecule has 2 atom stereocenters. The Morgan fingerprint density at radius 1 is 1.05 bits per heavy atom. The van der Waals surface area contributed by atoms with Gasteiger partial charge in [-0.15, -0.1) is 0 Å². The molecule has 0 amide bonds. The van der Waals surface area contributed by atoms with E-state index in [0.29, 0.717) is 19.3 Å². The Labute approximate surface area is 127 Å². The molecule has 0 heterocycles. The van der Waals surface area contributed by atoms with E-state index in [1.807, 2.05) is 0 Å². The minimum Gasteiger partial charge on any atom is -0.359 e. The van der Waals surface area contributed by atoms with E-state index in [0.717, 1.165) is 12.5 Å². The summed E-state index contributed by atoms with van der Waals surface area (Å²) in [5.74, 6) is 0. The SMILES string of the molecule is COCO[C@@H](C)C[C@H](CCCOS(C)(=O)=O)OS(C)(=O)=O. The molecule has 0 saturated heterocycles. The van der Waals surface area contributed by atoms with Crippen LogP contribution in [0, 0.1) is 0 Å². The van der Waals surface area contributed by atoms with Crippen LogP contribution in [0.25, 0.3) is 0 Å². The summed E-state index contributed by atoms with van der Waals surface area (Å²) in [5.41, 5.74) is 0. The van der Waals surface area contributed by atoms with Gasteiger partial charge < -0.3 is 9.47 Å². The third kappa shape index (κ3) is 14.4. The Morgan fingerprint density at radius 3 is 2.14 bits per heavy atom. The van der Waals surface area contributed by atoms with Gasteiger partial charge in [0.05, 0.1) is 31.3 Å². The molecule has 0 rings (SSSR count). The van der Waals surface area contributed by atoms with E-state index in [1.54, 1.807) is 6.92 Å². The van der Waals surface area contributed by atoms with E-state index in [9.17, 15) is 16.8 Å². The van der Waals surface area contributed by atoms with Gasteiger partial charge in [0, 0.05) is 13.5 Å². The molecule has 10 heteroatoms. The topological polar surface area (TPSA) is 105 Å². The van der Waals surface area contributed by atoms with E-state index in [4.69, 9.17) is 13.7 Å². The van der Waals surface area contributed by atoms with E-state index in [1.165, 1.54) is 7.11 Å². The van der Waals surface area contributed by atoms with Crippen LogP contribution in [-0.2, 0) is 38.1 Å². The summed E-state index contributed by atoms with van der Waals surface area (Å²) in [6.45, 7) is 1.85. The molecule has 0 radical (unpaired) electrons. The van der Waals surface area contributed by atoms with E-state index < -0.39 is 26.3 Å². The highest BCUT2D eigenvalue weighted by Gasteiger charge is 2.19. The van der Waals surface area contributed by atoms with Gasteiger partial charge in [0.1, 0.15) is 6.79 Å². The van der Waals surface area contributed by atoms with Crippen LogP contribution in [0.2, 0.25) is 0 Å². The van der Waals surface area contributed by atoms with E-state index >= 15 is 0 Å². The van der Waals surface area contributed by atoms with Crippen molar-refractivity contribution in [2.24, 2.45) is 0 Å². The van der Waals surface area contributed by atoms with Crippen molar-refractivity contribution >= 4 is 20.2 Å². The first-order chi connectivity index (χ1) is 9.53. The maximum absolute atomic E-state index is 11.2. The maximum atomic E-state index is 11.2. The van der Waals surface area contributed by atoms with Crippen LogP contribution >= 0.6 is 0 Å². The Kier molecular flexibility index (Phi) is 9.58. The van der Waals surface area contributed by atoms with Crippen molar-refractivity contribution in [1.82, 2.24) is 0 Å². The van der Waals surface area contributed by atoms with Crippen LogP contribution in [0.15, 0.2) is 0 Å². The number of methoxy groups -OCH3 is 1. The van der Waals surface area contributed by atoms with Gasteiger partial charge in [0.2, 0.25) is 0 Å². The van der Waals surface area contributed by atoms with Crippen LogP contribution in [0.4, 0.5) is 0 Å². The zero-order valence-electron chi connectivity index (χ0n) is 12.8. The Balaban J connectivity index is 4.33. The highest BCUT2D eigenvalue weighted by Crippen LogP contribution is 2.14. The quantitative estimate of drug-likeness (QED) is 0.285. The zero-order valence-corrected chi connectivity index (χ0v) is 14.4. The molecule has 0 aliphatic rings. The lowest BCUT2D eigenvalue weighted by atomic mass is 10.1. The van der Waals surface area contributed by atoms with Gasteiger partial charge in [-0.1, -0.05) is 0 Å². The number of rotatable bonds is 12. The molecule has 8 nitrogen and oxygen atoms in total. The van der Waals surface area contributed by atoms with Crippen molar-refractivity contribution in [3.8, 4) is 0 Å². The highest BCUT2D eigenvalue weighted by atomic mass is 32.2. The van der Waals surface area contributed by atoms with Crippen molar-refractivity contribution in [1.29, 1.82) is 0 Å². The monoisotopic (exact) mass is 348 g/mol. The molecule has 0 unspecified atom stereocenters. The van der Waals surface area contributed by atoms with Gasteiger partial charge in [-0.2, -0.15) is 16.8 Å². The highest BCUT2D eigenvalue weighted by molar-refractivity contribution is 7.86. The molecule has 0 spiro atoms. The smallest absolute Gasteiger partial charge is 0.264 e. The van der Waals surface area contributed by atoms with Crippen LogP contribution in [0.5, 0.6) is 0 Å². The summed E-state index contributed by atoms with van der Waals surface area (Å²) < 4.78 is 63.7. The fourth-order valence-corrected chi connectivity index (χ4v) is 2.69. The largest absolute Gasteiger partial charge is 0.359 e. The second-order valence-corrected chi connectivity index (χ2v) is 7.95. The number of hydrogen-bond acceptors (Lipinski definition) is 8. The average molecular weight is 348 g/mol. The summed E-state index contributed by atoms with van der Waals surface area (Å²) in [4.78, 5) is 0. The van der Waals surface area contributed by atoms with Crippen molar-refractivity contribution < 1.29 is 34.7 Å². The molecule has 0 fully saturated rings. The summed E-state index contributed by atoms with van der Waals surface area (Å²) in [6.07, 6.45) is 2.09. The lowest BCUT2D eigenvalue weighted by Gasteiger charge is -2.20. The van der Waals surface area contributed by atoms with Crippen LogP contribution < -0.4 is 0 Å². The predicted molar refractivity (Wildman–Crippen MR) is 76.8 cm³/mol.